The van der Waals surface area contributed by atoms with E-state index in [0.717, 1.165) is 11.3 Å². The van der Waals surface area contributed by atoms with Crippen LogP contribution in [0, 0.1) is 0 Å². The van der Waals surface area contributed by atoms with E-state index < -0.39 is 0 Å². The number of nitrogens with zero attached hydrogens (tertiary/aromatic N) is 1. The summed E-state index contributed by atoms with van der Waals surface area (Å²) < 4.78 is 10.5. The third-order valence-corrected chi connectivity index (χ3v) is 2.30. The first-order valence-corrected chi connectivity index (χ1v) is 5.27. The number of methoxy groups -OCH3 is 1. The monoisotopic (exact) mass is 231 g/mol. The van der Waals surface area contributed by atoms with Crippen LogP contribution in [0.2, 0.25) is 0 Å². The van der Waals surface area contributed by atoms with Gasteiger partial charge in [0.2, 0.25) is 5.89 Å². The highest BCUT2D eigenvalue weighted by atomic mass is 16.5. The third kappa shape index (κ3) is 2.72. The van der Waals surface area contributed by atoms with Gasteiger partial charge in [-0.1, -0.05) is 6.07 Å². The molecule has 1 aromatic carbocycles. The molecule has 0 N–H and O–H groups in total. The Morgan fingerprint density at radius 1 is 1.47 bits per heavy atom. The fraction of sp³-hybridized carbons (Fsp3) is 0.231. The maximum absolute atomic E-state index is 11.0. The number of carbonyl (C=O) groups excluding carboxylic acids is 1. The minimum absolute atomic E-state index is 0.0653. The average Bonchev–Trinajstić information content (AvgIpc) is 2.77. The number of carbonyl (C=O) groups is 1. The average molecular weight is 231 g/mol. The van der Waals surface area contributed by atoms with Gasteiger partial charge >= 0.3 is 0 Å². The van der Waals surface area contributed by atoms with Gasteiger partial charge in [-0.05, 0) is 25.1 Å². The Morgan fingerprint density at radius 2 is 2.29 bits per heavy atom. The summed E-state index contributed by atoms with van der Waals surface area (Å²) in [4.78, 5) is 15.2. The molecule has 1 aromatic heterocycles. The molecule has 0 aliphatic heterocycles. The molecule has 4 heteroatoms. The Labute approximate surface area is 99.2 Å². The fourth-order valence-corrected chi connectivity index (χ4v) is 1.53. The molecule has 0 aliphatic rings. The van der Waals surface area contributed by atoms with Gasteiger partial charge < -0.3 is 9.15 Å². The molecule has 0 saturated carbocycles. The number of ketones is 1. The number of oxazole rings is 1. The first kappa shape index (κ1) is 11.4. The maximum atomic E-state index is 11.0. The summed E-state index contributed by atoms with van der Waals surface area (Å²) in [5.74, 6) is 1.31. The number of aromatic nitrogens is 1. The van der Waals surface area contributed by atoms with Crippen LogP contribution in [0.5, 0.6) is 5.75 Å². The molecule has 0 spiro atoms. The standard InChI is InChI=1S/C13H13NO3/c1-9(15)6-11-8-17-13(14-11)10-4-3-5-12(7-10)16-2/h3-5,7-8H,6H2,1-2H3. The molecular formula is C13H13NO3. The molecule has 2 aromatic rings. The van der Waals surface area contributed by atoms with Crippen LogP contribution in [0.4, 0.5) is 0 Å². The molecule has 0 aliphatic carbocycles. The zero-order valence-corrected chi connectivity index (χ0v) is 9.77. The van der Waals surface area contributed by atoms with Gasteiger partial charge in [-0.3, -0.25) is 4.79 Å². The van der Waals surface area contributed by atoms with E-state index in [9.17, 15) is 4.79 Å². The summed E-state index contributed by atoms with van der Waals surface area (Å²) in [5, 5.41) is 0. The smallest absolute Gasteiger partial charge is 0.226 e. The second-order valence-corrected chi connectivity index (χ2v) is 3.75. The maximum Gasteiger partial charge on any atom is 0.226 e. The normalized spacial score (nSPS) is 10.2. The van der Waals surface area contributed by atoms with Gasteiger partial charge in [-0.25, -0.2) is 4.98 Å². The zero-order valence-electron chi connectivity index (χ0n) is 9.77. The zero-order chi connectivity index (χ0) is 12.3. The van der Waals surface area contributed by atoms with Crippen molar-refractivity contribution in [2.24, 2.45) is 0 Å². The summed E-state index contributed by atoms with van der Waals surface area (Å²) in [6.45, 7) is 1.53. The minimum Gasteiger partial charge on any atom is -0.497 e. The largest absolute Gasteiger partial charge is 0.497 e. The SMILES string of the molecule is COc1cccc(-c2nc(CC(C)=O)co2)c1. The lowest BCUT2D eigenvalue weighted by Gasteiger charge is -2.00. The van der Waals surface area contributed by atoms with E-state index in [0.29, 0.717) is 18.0 Å². The van der Waals surface area contributed by atoms with Crippen molar-refractivity contribution in [2.45, 2.75) is 13.3 Å². The summed E-state index contributed by atoms with van der Waals surface area (Å²) >= 11 is 0. The van der Waals surface area contributed by atoms with E-state index in [4.69, 9.17) is 9.15 Å². The van der Waals surface area contributed by atoms with Gasteiger partial charge in [0, 0.05) is 5.56 Å². The quantitative estimate of drug-likeness (QED) is 0.811. The highest BCUT2D eigenvalue weighted by molar-refractivity contribution is 5.77. The molecule has 0 atom stereocenters. The first-order chi connectivity index (χ1) is 8.19. The van der Waals surface area contributed by atoms with Crippen LogP contribution < -0.4 is 4.74 Å². The van der Waals surface area contributed by atoms with Crippen molar-refractivity contribution in [3.8, 4) is 17.2 Å². The van der Waals surface area contributed by atoms with Crippen molar-refractivity contribution >= 4 is 5.78 Å². The van der Waals surface area contributed by atoms with Gasteiger partial charge in [0.25, 0.3) is 0 Å². The van der Waals surface area contributed by atoms with Crippen molar-refractivity contribution in [1.82, 2.24) is 4.98 Å². The van der Waals surface area contributed by atoms with Crippen LogP contribution in [0.15, 0.2) is 34.9 Å². The van der Waals surface area contributed by atoms with Crippen LogP contribution in [0.3, 0.4) is 0 Å². The van der Waals surface area contributed by atoms with Crippen LogP contribution in [-0.2, 0) is 11.2 Å². The number of Topliss-reactive ketones (excluding diaryl/α,β-unsaturated/α-hetero) is 1. The molecule has 0 bridgehead atoms. The van der Waals surface area contributed by atoms with Gasteiger partial charge in [0.05, 0.1) is 19.2 Å². The number of hydrogen-bond donors (Lipinski definition) is 0. The summed E-state index contributed by atoms with van der Waals surface area (Å²) in [6, 6.07) is 7.43. The molecule has 88 valence electrons. The molecule has 0 unspecified atom stereocenters. The molecule has 0 amide bonds. The van der Waals surface area contributed by atoms with Crippen molar-refractivity contribution in [3.05, 3.63) is 36.2 Å². The molecule has 0 fully saturated rings. The lowest BCUT2D eigenvalue weighted by Crippen LogP contribution is -1.96. The fourth-order valence-electron chi connectivity index (χ4n) is 1.53. The Hall–Kier alpha value is -2.10. The van der Waals surface area contributed by atoms with E-state index in [1.54, 1.807) is 7.11 Å². The van der Waals surface area contributed by atoms with E-state index >= 15 is 0 Å². The second kappa shape index (κ2) is 4.82. The number of hydrogen-bond acceptors (Lipinski definition) is 4. The molecule has 0 saturated heterocycles. The predicted molar refractivity (Wildman–Crippen MR) is 62.9 cm³/mol. The van der Waals surface area contributed by atoms with E-state index in [1.165, 1.54) is 13.2 Å². The molecule has 17 heavy (non-hydrogen) atoms. The third-order valence-electron chi connectivity index (χ3n) is 2.30. The lowest BCUT2D eigenvalue weighted by atomic mass is 10.2. The molecule has 4 nitrogen and oxygen atoms in total. The first-order valence-electron chi connectivity index (χ1n) is 5.27. The van der Waals surface area contributed by atoms with Gasteiger partial charge in [0.1, 0.15) is 17.8 Å². The number of rotatable bonds is 4. The summed E-state index contributed by atoms with van der Waals surface area (Å²) in [7, 11) is 1.61. The van der Waals surface area contributed by atoms with Crippen molar-refractivity contribution in [2.75, 3.05) is 7.11 Å². The lowest BCUT2D eigenvalue weighted by molar-refractivity contribution is -0.116. The van der Waals surface area contributed by atoms with Gasteiger partial charge in [-0.2, -0.15) is 0 Å². The Morgan fingerprint density at radius 3 is 3.00 bits per heavy atom. The summed E-state index contributed by atoms with van der Waals surface area (Å²) in [6.07, 6.45) is 1.81. The van der Waals surface area contributed by atoms with Crippen molar-refractivity contribution in [1.29, 1.82) is 0 Å². The highest BCUT2D eigenvalue weighted by Gasteiger charge is 2.08. The Kier molecular flexibility index (Phi) is 3.23. The Balaban J connectivity index is 2.26. The van der Waals surface area contributed by atoms with E-state index in [1.807, 2.05) is 24.3 Å². The molecular weight excluding hydrogens is 218 g/mol. The molecule has 1 heterocycles. The van der Waals surface area contributed by atoms with Crippen LogP contribution in [0.1, 0.15) is 12.6 Å². The van der Waals surface area contributed by atoms with Gasteiger partial charge in [0.15, 0.2) is 0 Å². The summed E-state index contributed by atoms with van der Waals surface area (Å²) in [5.41, 5.74) is 1.48. The van der Waals surface area contributed by atoms with Crippen molar-refractivity contribution < 1.29 is 13.9 Å². The minimum atomic E-state index is 0.0653. The topological polar surface area (TPSA) is 52.3 Å². The van der Waals surface area contributed by atoms with Crippen molar-refractivity contribution in [3.63, 3.8) is 0 Å². The van der Waals surface area contributed by atoms with E-state index in [-0.39, 0.29) is 5.78 Å². The number of ether oxygens (including phenoxy) is 1. The van der Waals surface area contributed by atoms with E-state index in [2.05, 4.69) is 4.98 Å². The van der Waals surface area contributed by atoms with Crippen LogP contribution in [-0.4, -0.2) is 17.9 Å². The second-order valence-electron chi connectivity index (χ2n) is 3.75. The molecule has 2 rings (SSSR count). The van der Waals surface area contributed by atoms with Crippen LogP contribution in [0.25, 0.3) is 11.5 Å². The molecule has 0 radical (unpaired) electrons. The number of benzene rings is 1. The van der Waals surface area contributed by atoms with Gasteiger partial charge in [-0.15, -0.1) is 0 Å². The predicted octanol–water partition coefficient (Wildman–Crippen LogP) is 2.48. The highest BCUT2D eigenvalue weighted by Crippen LogP contribution is 2.23. The van der Waals surface area contributed by atoms with Crippen LogP contribution >= 0.6 is 0 Å². The Bertz CT molecular complexity index is 531.